The Bertz CT molecular complexity index is 494. The zero-order valence-corrected chi connectivity index (χ0v) is 10.7. The van der Waals surface area contributed by atoms with E-state index in [1.54, 1.807) is 18.3 Å². The first kappa shape index (κ1) is 12.1. The van der Waals surface area contributed by atoms with Crippen LogP contribution < -0.4 is 4.74 Å². The van der Waals surface area contributed by atoms with Gasteiger partial charge in [-0.3, -0.25) is 0 Å². The topological polar surface area (TPSA) is 42.4 Å². The van der Waals surface area contributed by atoms with Gasteiger partial charge in [0.1, 0.15) is 12.4 Å². The summed E-state index contributed by atoms with van der Waals surface area (Å²) in [5.74, 6) is 0.730. The molecule has 0 fully saturated rings. The van der Waals surface area contributed by atoms with E-state index < -0.39 is 6.10 Å². The molecule has 1 aromatic carbocycles. The number of thiazole rings is 1. The van der Waals surface area contributed by atoms with Gasteiger partial charge in [-0.25, -0.2) is 4.98 Å². The third-order valence-corrected chi connectivity index (χ3v) is 3.29. The minimum absolute atomic E-state index is 0.495. The molecule has 0 bridgehead atoms. The maximum Gasteiger partial charge on any atom is 0.125 e. The van der Waals surface area contributed by atoms with Crippen LogP contribution in [0.3, 0.4) is 0 Å². The van der Waals surface area contributed by atoms with Crippen molar-refractivity contribution in [2.24, 2.45) is 0 Å². The van der Waals surface area contributed by atoms with Crippen molar-refractivity contribution in [1.82, 2.24) is 4.98 Å². The number of hydrogen-bond donors (Lipinski definition) is 1. The Kier molecular flexibility index (Phi) is 3.76. The normalized spacial score (nSPS) is 12.4. The van der Waals surface area contributed by atoms with E-state index in [9.17, 15) is 5.11 Å². The van der Waals surface area contributed by atoms with Crippen LogP contribution >= 0.6 is 11.3 Å². The Morgan fingerprint density at radius 1 is 1.41 bits per heavy atom. The zero-order chi connectivity index (χ0) is 12.3. The highest BCUT2D eigenvalue weighted by Crippen LogP contribution is 2.25. The van der Waals surface area contributed by atoms with Gasteiger partial charge in [-0.1, -0.05) is 18.2 Å². The largest absolute Gasteiger partial charge is 0.488 e. The van der Waals surface area contributed by atoms with Crippen LogP contribution in [-0.4, -0.2) is 10.1 Å². The number of nitrogens with zero attached hydrogens (tertiary/aromatic N) is 1. The van der Waals surface area contributed by atoms with E-state index in [1.807, 2.05) is 37.4 Å². The fourth-order valence-electron chi connectivity index (χ4n) is 1.58. The van der Waals surface area contributed by atoms with Crippen molar-refractivity contribution < 1.29 is 9.84 Å². The van der Waals surface area contributed by atoms with Crippen LogP contribution in [0.25, 0.3) is 0 Å². The van der Waals surface area contributed by atoms with E-state index >= 15 is 0 Å². The third kappa shape index (κ3) is 3.05. The molecular formula is C13H15NO2S. The molecule has 0 saturated carbocycles. The average Bonchev–Trinajstić information content (AvgIpc) is 2.73. The summed E-state index contributed by atoms with van der Waals surface area (Å²) in [4.78, 5) is 5.26. The molecule has 1 N–H and O–H groups in total. The summed E-state index contributed by atoms with van der Waals surface area (Å²) >= 11 is 1.62. The summed E-state index contributed by atoms with van der Waals surface area (Å²) in [5, 5.41) is 10.7. The quantitative estimate of drug-likeness (QED) is 0.905. The van der Waals surface area contributed by atoms with Crippen LogP contribution in [0.2, 0.25) is 0 Å². The van der Waals surface area contributed by atoms with E-state index in [0.29, 0.717) is 6.61 Å². The first-order chi connectivity index (χ1) is 8.16. The highest BCUT2D eigenvalue weighted by molar-refractivity contribution is 7.11. The fourth-order valence-corrected chi connectivity index (χ4v) is 2.29. The number of rotatable bonds is 4. The molecule has 0 aliphatic carbocycles. The second-order valence-electron chi connectivity index (χ2n) is 3.85. The lowest BCUT2D eigenvalue weighted by molar-refractivity contribution is 0.190. The van der Waals surface area contributed by atoms with E-state index in [4.69, 9.17) is 4.74 Å². The molecule has 1 aromatic heterocycles. The van der Waals surface area contributed by atoms with Crippen molar-refractivity contribution in [2.75, 3.05) is 0 Å². The van der Waals surface area contributed by atoms with Crippen LogP contribution in [0.1, 0.15) is 28.5 Å². The number of para-hydroxylation sites is 1. The lowest BCUT2D eigenvalue weighted by Gasteiger charge is -2.12. The molecule has 1 atom stereocenters. The molecule has 17 heavy (non-hydrogen) atoms. The Balaban J connectivity index is 2.08. The summed E-state index contributed by atoms with van der Waals surface area (Å²) in [6.45, 7) is 4.20. The van der Waals surface area contributed by atoms with Gasteiger partial charge < -0.3 is 9.84 Å². The molecule has 3 nitrogen and oxygen atoms in total. The monoisotopic (exact) mass is 249 g/mol. The molecule has 0 spiro atoms. The van der Waals surface area contributed by atoms with Gasteiger partial charge in [0.05, 0.1) is 16.0 Å². The molecule has 0 amide bonds. The number of aromatic nitrogens is 1. The molecule has 0 aliphatic rings. The lowest BCUT2D eigenvalue weighted by atomic mass is 10.1. The summed E-state index contributed by atoms with van der Waals surface area (Å²) in [7, 11) is 0. The minimum atomic E-state index is -0.519. The Hall–Kier alpha value is -1.39. The van der Waals surface area contributed by atoms with Gasteiger partial charge >= 0.3 is 0 Å². The van der Waals surface area contributed by atoms with Gasteiger partial charge in [0.15, 0.2) is 0 Å². The van der Waals surface area contributed by atoms with E-state index in [0.717, 1.165) is 21.2 Å². The van der Waals surface area contributed by atoms with Gasteiger partial charge in [0.25, 0.3) is 0 Å². The highest BCUT2D eigenvalue weighted by atomic mass is 32.1. The van der Waals surface area contributed by atoms with Gasteiger partial charge in [0.2, 0.25) is 0 Å². The molecule has 0 saturated heterocycles. The minimum Gasteiger partial charge on any atom is -0.488 e. The molecular weight excluding hydrogens is 234 g/mol. The number of ether oxygens (including phenoxy) is 1. The number of aliphatic hydroxyl groups excluding tert-OH is 1. The number of aryl methyl sites for hydroxylation is 1. The molecule has 90 valence electrons. The van der Waals surface area contributed by atoms with Crippen LogP contribution in [0.4, 0.5) is 0 Å². The number of benzene rings is 1. The zero-order valence-electron chi connectivity index (χ0n) is 9.88. The van der Waals surface area contributed by atoms with Gasteiger partial charge in [-0.15, -0.1) is 11.3 Å². The molecule has 2 aromatic rings. The van der Waals surface area contributed by atoms with Gasteiger partial charge in [0, 0.05) is 11.8 Å². The van der Waals surface area contributed by atoms with Crippen molar-refractivity contribution in [3.63, 3.8) is 0 Å². The van der Waals surface area contributed by atoms with Crippen molar-refractivity contribution >= 4 is 11.3 Å². The predicted molar refractivity (Wildman–Crippen MR) is 68.3 cm³/mol. The Labute approximate surface area is 105 Å². The van der Waals surface area contributed by atoms with Crippen LogP contribution in [0, 0.1) is 6.92 Å². The fraction of sp³-hybridized carbons (Fsp3) is 0.308. The average molecular weight is 249 g/mol. The molecule has 4 heteroatoms. The Morgan fingerprint density at radius 3 is 2.82 bits per heavy atom. The van der Waals surface area contributed by atoms with Gasteiger partial charge in [-0.2, -0.15) is 0 Å². The highest BCUT2D eigenvalue weighted by Gasteiger charge is 2.08. The summed E-state index contributed by atoms with van der Waals surface area (Å²) in [6, 6.07) is 7.54. The summed E-state index contributed by atoms with van der Waals surface area (Å²) in [5.41, 5.74) is 0.814. The second-order valence-corrected chi connectivity index (χ2v) is 5.17. The first-order valence-corrected chi connectivity index (χ1v) is 6.29. The first-order valence-electron chi connectivity index (χ1n) is 5.48. The number of hydrogen-bond acceptors (Lipinski definition) is 4. The van der Waals surface area contributed by atoms with E-state index in [-0.39, 0.29) is 0 Å². The van der Waals surface area contributed by atoms with Crippen molar-refractivity contribution in [2.45, 2.75) is 26.6 Å². The van der Waals surface area contributed by atoms with Crippen LogP contribution in [0.15, 0.2) is 30.5 Å². The third-order valence-electron chi connectivity index (χ3n) is 2.41. The molecule has 2 rings (SSSR count). The molecule has 1 unspecified atom stereocenters. The van der Waals surface area contributed by atoms with Crippen LogP contribution in [0.5, 0.6) is 5.75 Å². The lowest BCUT2D eigenvalue weighted by Crippen LogP contribution is -1.99. The standard InChI is InChI=1S/C13H15NO2S/c1-9(15)12-5-3-4-6-13(12)16-8-11-7-14-10(2)17-11/h3-7,9,15H,8H2,1-2H3. The number of aliphatic hydroxyl groups is 1. The van der Waals surface area contributed by atoms with Crippen LogP contribution in [-0.2, 0) is 6.61 Å². The predicted octanol–water partition coefficient (Wildman–Crippen LogP) is 3.08. The van der Waals surface area contributed by atoms with Gasteiger partial charge in [-0.05, 0) is 19.9 Å². The molecule has 0 aliphatic heterocycles. The van der Waals surface area contributed by atoms with Crippen molar-refractivity contribution in [3.05, 3.63) is 45.9 Å². The Morgan fingerprint density at radius 2 is 2.18 bits per heavy atom. The smallest absolute Gasteiger partial charge is 0.125 e. The van der Waals surface area contributed by atoms with Crippen molar-refractivity contribution in [1.29, 1.82) is 0 Å². The van der Waals surface area contributed by atoms with E-state index in [1.165, 1.54) is 0 Å². The summed E-state index contributed by atoms with van der Waals surface area (Å²) < 4.78 is 5.71. The SMILES string of the molecule is Cc1ncc(COc2ccccc2C(C)O)s1. The van der Waals surface area contributed by atoms with E-state index in [2.05, 4.69) is 4.98 Å². The molecule has 0 radical (unpaired) electrons. The maximum absolute atomic E-state index is 9.62. The second kappa shape index (κ2) is 5.29. The van der Waals surface area contributed by atoms with Crippen molar-refractivity contribution in [3.8, 4) is 5.75 Å². The maximum atomic E-state index is 9.62. The molecule has 1 heterocycles. The summed E-state index contributed by atoms with van der Waals surface area (Å²) in [6.07, 6.45) is 1.31.